The van der Waals surface area contributed by atoms with E-state index < -0.39 is 35.5 Å². The van der Waals surface area contributed by atoms with E-state index in [1.54, 1.807) is 36.4 Å². The highest BCUT2D eigenvalue weighted by atomic mass is 19.1. The van der Waals surface area contributed by atoms with Gasteiger partial charge in [-0.1, -0.05) is 86.4 Å². The highest BCUT2D eigenvalue weighted by molar-refractivity contribution is 5.89. The normalized spacial score (nSPS) is 9.96. The fourth-order valence-corrected chi connectivity index (χ4v) is 3.97. The lowest BCUT2D eigenvalue weighted by molar-refractivity contribution is -0.132. The minimum absolute atomic E-state index is 0.129. The average Bonchev–Trinajstić information content (AvgIpc) is 3.14. The van der Waals surface area contributed by atoms with Crippen LogP contribution in [0, 0.1) is 23.7 Å². The van der Waals surface area contributed by atoms with Crippen LogP contribution in [-0.2, 0) is 19.2 Å². The molecule has 8 nitrogen and oxygen atoms in total. The average molecular weight is 697 g/mol. The van der Waals surface area contributed by atoms with Crippen LogP contribution in [0.15, 0.2) is 135 Å². The first-order valence-electron chi connectivity index (χ1n) is 15.0. The van der Waals surface area contributed by atoms with Gasteiger partial charge in [-0.05, 0) is 71.8 Å². The number of hydrogen-bond donors (Lipinski definition) is 0. The number of ether oxygens (including phenoxy) is 4. The monoisotopic (exact) mass is 696 g/mol. The second-order valence-corrected chi connectivity index (χ2v) is 10.2. The molecule has 0 saturated carbocycles. The third-order valence-corrected chi connectivity index (χ3v) is 6.48. The molecule has 0 aliphatic carbocycles. The van der Waals surface area contributed by atoms with Crippen molar-refractivity contribution in [2.75, 3.05) is 0 Å². The summed E-state index contributed by atoms with van der Waals surface area (Å²) in [6, 6.07) is 22.5. The van der Waals surface area contributed by atoms with E-state index in [9.17, 15) is 28.0 Å². The molecule has 4 aromatic rings. The fraction of sp³-hybridized carbons (Fsp3) is 0. The molecule has 0 bridgehead atoms. The molecular weight excluding hydrogens is 670 g/mol. The Balaban J connectivity index is 1.64. The van der Waals surface area contributed by atoms with Crippen molar-refractivity contribution in [1.29, 1.82) is 0 Å². The predicted octanol–water partition coefficient (Wildman–Crippen LogP) is 7.62. The Morgan fingerprint density at radius 2 is 0.885 bits per heavy atom. The third kappa shape index (κ3) is 11.0. The maximum absolute atomic E-state index is 13.7. The summed E-state index contributed by atoms with van der Waals surface area (Å²) in [7, 11) is 0. The number of benzene rings is 4. The van der Waals surface area contributed by atoms with Crippen LogP contribution in [-0.4, -0.2) is 23.9 Å². The first-order valence-corrected chi connectivity index (χ1v) is 15.0. The molecule has 0 unspecified atom stereocenters. The van der Waals surface area contributed by atoms with Crippen molar-refractivity contribution in [2.45, 2.75) is 0 Å². The summed E-state index contributed by atoms with van der Waals surface area (Å²) >= 11 is 0. The van der Waals surface area contributed by atoms with Crippen molar-refractivity contribution in [3.63, 3.8) is 0 Å². The molecule has 0 atom stereocenters. The Hall–Kier alpha value is -7.56. The smallest absolute Gasteiger partial charge is 0.371 e. The second kappa shape index (κ2) is 17.7. The molecule has 4 aromatic carbocycles. The molecule has 0 spiro atoms. The summed E-state index contributed by atoms with van der Waals surface area (Å²) in [5, 5.41) is 0. The van der Waals surface area contributed by atoms with Crippen molar-refractivity contribution in [2.24, 2.45) is 0 Å². The lowest BCUT2D eigenvalue weighted by Crippen LogP contribution is -2.12. The van der Waals surface area contributed by atoms with Gasteiger partial charge in [0.1, 0.15) is 17.1 Å². The molecule has 10 heteroatoms. The Bertz CT molecular complexity index is 2190. The second-order valence-electron chi connectivity index (χ2n) is 10.2. The summed E-state index contributed by atoms with van der Waals surface area (Å²) in [5.41, 5.74) is 2.57. The predicted molar refractivity (Wildman–Crippen MR) is 190 cm³/mol. The van der Waals surface area contributed by atoms with Gasteiger partial charge in [0.15, 0.2) is 11.5 Å². The maximum atomic E-state index is 13.7. The third-order valence-electron chi connectivity index (χ3n) is 6.48. The molecule has 0 aromatic heterocycles. The summed E-state index contributed by atoms with van der Waals surface area (Å²) in [4.78, 5) is 47.3. The van der Waals surface area contributed by atoms with Crippen molar-refractivity contribution in [3.05, 3.63) is 168 Å². The minimum atomic E-state index is -1.45. The van der Waals surface area contributed by atoms with E-state index in [1.165, 1.54) is 36.4 Å². The molecule has 0 N–H and O–H groups in total. The zero-order valence-electron chi connectivity index (χ0n) is 27.2. The van der Waals surface area contributed by atoms with Gasteiger partial charge in [0.05, 0.1) is 0 Å². The first kappa shape index (κ1) is 37.3. The van der Waals surface area contributed by atoms with Crippen LogP contribution < -0.4 is 18.9 Å². The number of esters is 4. The summed E-state index contributed by atoms with van der Waals surface area (Å²) in [6.45, 7) is 12.6. The molecule has 0 aliphatic rings. The quantitative estimate of drug-likeness (QED) is 0.0549. The molecule has 0 fully saturated rings. The Labute approximate surface area is 297 Å². The van der Waals surface area contributed by atoms with Gasteiger partial charge in [0.25, 0.3) is 0 Å². The van der Waals surface area contributed by atoms with Gasteiger partial charge >= 0.3 is 23.9 Å². The van der Waals surface area contributed by atoms with E-state index in [-0.39, 0.29) is 28.4 Å². The molecular formula is C42H26F2O8. The molecule has 0 aliphatic heterocycles. The topological polar surface area (TPSA) is 105 Å². The number of carbonyl (C=O) groups is 4. The van der Waals surface area contributed by atoms with Crippen LogP contribution in [0.5, 0.6) is 23.0 Å². The van der Waals surface area contributed by atoms with Crippen molar-refractivity contribution in [1.82, 2.24) is 0 Å². The van der Waals surface area contributed by atoms with Crippen LogP contribution in [0.3, 0.4) is 0 Å². The van der Waals surface area contributed by atoms with Gasteiger partial charge in [-0.15, -0.1) is 0 Å². The first-order chi connectivity index (χ1) is 24.9. The molecule has 0 amide bonds. The van der Waals surface area contributed by atoms with Crippen molar-refractivity contribution in [3.8, 4) is 46.7 Å². The highest BCUT2D eigenvalue weighted by Crippen LogP contribution is 2.32. The summed E-state index contributed by atoms with van der Waals surface area (Å²) in [5.74, 6) is 4.16. The van der Waals surface area contributed by atoms with E-state index >= 15 is 0 Å². The van der Waals surface area contributed by atoms with E-state index in [0.717, 1.165) is 23.3 Å². The fourth-order valence-electron chi connectivity index (χ4n) is 3.97. The molecule has 0 radical (unpaired) electrons. The minimum Gasteiger partial charge on any atom is -0.423 e. The van der Waals surface area contributed by atoms with E-state index in [0.29, 0.717) is 16.9 Å². The van der Waals surface area contributed by atoms with E-state index in [2.05, 4.69) is 50.0 Å². The van der Waals surface area contributed by atoms with Crippen LogP contribution in [0.2, 0.25) is 0 Å². The SMILES string of the molecule is C=CC(=O)Oc1ccc(C#Cc2c(OC(=O)C(=C)F)cc(C#Cc3ccc(C=Cc4ccc(OC(=O)C=C)cc4)cc3)cc2OC(=O)C(=C)F)cc1. The summed E-state index contributed by atoms with van der Waals surface area (Å²) < 4.78 is 47.8. The van der Waals surface area contributed by atoms with Gasteiger partial charge in [0, 0.05) is 28.8 Å². The van der Waals surface area contributed by atoms with E-state index in [4.69, 9.17) is 18.9 Å². The Morgan fingerprint density at radius 1 is 0.519 bits per heavy atom. The number of rotatable bonds is 10. The molecule has 0 saturated heterocycles. The molecule has 256 valence electrons. The zero-order valence-corrected chi connectivity index (χ0v) is 27.2. The van der Waals surface area contributed by atoms with Crippen LogP contribution in [0.4, 0.5) is 8.78 Å². The van der Waals surface area contributed by atoms with Gasteiger partial charge in [-0.2, -0.15) is 8.78 Å². The van der Waals surface area contributed by atoms with Gasteiger partial charge in [-0.25, -0.2) is 19.2 Å². The van der Waals surface area contributed by atoms with Crippen molar-refractivity contribution >= 4 is 36.0 Å². The highest BCUT2D eigenvalue weighted by Gasteiger charge is 2.20. The zero-order chi connectivity index (χ0) is 37.6. The standard InChI is InChI=1S/C42H26F2O8/c1-5-39(45)49-34-20-15-31(16-21-34)12-11-29-7-9-30(10-8-29)13-14-33-25-37(51-41(47)27(3)43)36(38(26-33)52-42(48)28(4)44)24-19-32-17-22-35(23-18-32)50-40(46)6-2/h5-12,15-18,20-23,25-26H,1-4H2. The summed E-state index contributed by atoms with van der Waals surface area (Å²) in [6.07, 6.45) is 5.81. The van der Waals surface area contributed by atoms with Crippen LogP contribution in [0.25, 0.3) is 12.2 Å². The Morgan fingerprint density at radius 3 is 1.31 bits per heavy atom. The van der Waals surface area contributed by atoms with Gasteiger partial charge in [0.2, 0.25) is 11.7 Å². The number of carbonyl (C=O) groups excluding carboxylic acids is 4. The largest absolute Gasteiger partial charge is 0.423 e. The van der Waals surface area contributed by atoms with Gasteiger partial charge < -0.3 is 18.9 Å². The maximum Gasteiger partial charge on any atom is 0.371 e. The molecule has 4 rings (SSSR count). The Kier molecular flexibility index (Phi) is 12.7. The lowest BCUT2D eigenvalue weighted by Gasteiger charge is -2.11. The molecule has 52 heavy (non-hydrogen) atoms. The van der Waals surface area contributed by atoms with Crippen LogP contribution >= 0.6 is 0 Å². The number of hydrogen-bond acceptors (Lipinski definition) is 8. The van der Waals surface area contributed by atoms with Gasteiger partial charge in [-0.3, -0.25) is 0 Å². The molecule has 0 heterocycles. The van der Waals surface area contributed by atoms with Crippen molar-refractivity contribution < 1.29 is 46.9 Å². The number of halogens is 2. The van der Waals surface area contributed by atoms with E-state index in [1.807, 2.05) is 24.3 Å². The van der Waals surface area contributed by atoms with Crippen LogP contribution in [0.1, 0.15) is 33.4 Å². The lowest BCUT2D eigenvalue weighted by atomic mass is 10.1.